The molecular formula is C52H49ClF3N15O3. The van der Waals surface area contributed by atoms with Crippen LogP contribution in [-0.4, -0.2) is 83.6 Å². The number of carboxylic acids is 1. The van der Waals surface area contributed by atoms with Crippen molar-refractivity contribution in [1.82, 2.24) is 58.5 Å². The van der Waals surface area contributed by atoms with Gasteiger partial charge in [0.05, 0.1) is 30.0 Å². The summed E-state index contributed by atoms with van der Waals surface area (Å²) >= 11 is 5.76. The second-order valence-corrected chi connectivity index (χ2v) is 16.3. The standard InChI is InChI=1S/C14H9FN4O.C9H7N3.C9H8N2O2.C8H5N3.C6H12ClN.C5H4F2N2.CH4/c1-19-5-4-8-6-9(7-16-12(8)19)13-17-10-2-3-11(15)18-14(10)20-13;1-10-8-5-7-3-4-12(2)9(7)11-6-8;1-11-3-2-6-4-7(9(12)13)5-10-8(6)11;1-9-7-4-6-2-3-10-8(6)11-5-7;1-5(2)6(7)8(3)4;6-4-2-1-3(8)5(7)9-4;/h2-7H,1H3;3-6H,2H3;2-5H,1H3,(H,12,13);2-5H,(H,10,11);1-4H3;1-2H,8H2;1H4. The van der Waals surface area contributed by atoms with Crippen LogP contribution in [0, 0.1) is 31.0 Å². The minimum atomic E-state index is -0.963. The van der Waals surface area contributed by atoms with Gasteiger partial charge in [0.25, 0.3) is 0 Å². The normalized spacial score (nSPS) is 10.1. The quantitative estimate of drug-likeness (QED) is 0.0858. The number of anilines is 1. The van der Waals surface area contributed by atoms with E-state index in [0.717, 1.165) is 72.6 Å². The lowest BCUT2D eigenvalue weighted by atomic mass is 10.2. The smallest absolute Gasteiger partial charge is 0.337 e. The Morgan fingerprint density at radius 3 is 1.78 bits per heavy atom. The molecule has 0 atom stereocenters. The molecule has 0 spiro atoms. The van der Waals surface area contributed by atoms with E-state index < -0.39 is 23.8 Å². The molecule has 0 saturated carbocycles. The van der Waals surface area contributed by atoms with Gasteiger partial charge in [-0.2, -0.15) is 23.1 Å². The van der Waals surface area contributed by atoms with Crippen LogP contribution in [0.5, 0.6) is 0 Å². The summed E-state index contributed by atoms with van der Waals surface area (Å²) in [6, 6.07) is 19.8. The maximum Gasteiger partial charge on any atom is 0.337 e. The van der Waals surface area contributed by atoms with Gasteiger partial charge in [0.2, 0.25) is 40.8 Å². The molecule has 4 N–H and O–H groups in total. The Labute approximate surface area is 427 Å². The molecule has 11 aromatic heterocycles. The number of pyridine rings is 6. The number of rotatable bonds is 3. The fourth-order valence-corrected chi connectivity index (χ4v) is 6.52. The summed E-state index contributed by atoms with van der Waals surface area (Å²) < 4.78 is 48.3. The van der Waals surface area contributed by atoms with E-state index in [4.69, 9.17) is 40.0 Å². The summed E-state index contributed by atoms with van der Waals surface area (Å²) in [4.78, 5) is 49.4. The highest BCUT2D eigenvalue weighted by Crippen LogP contribution is 2.26. The Kier molecular flexibility index (Phi) is 18.7. The molecule has 0 aromatic carbocycles. The van der Waals surface area contributed by atoms with Crippen LogP contribution >= 0.6 is 11.6 Å². The molecule has 0 saturated heterocycles. The minimum Gasteiger partial charge on any atom is -0.478 e. The summed E-state index contributed by atoms with van der Waals surface area (Å²) in [5.41, 5.74) is 12.3. The third-order valence-corrected chi connectivity index (χ3v) is 10.8. The molecule has 0 amide bonds. The molecular weight excluding hydrogens is 975 g/mol. The second-order valence-electron chi connectivity index (χ2n) is 16.0. The number of nitrogens with zero attached hydrogens (tertiary/aromatic N) is 13. The molecule has 22 heteroatoms. The highest BCUT2D eigenvalue weighted by atomic mass is 35.5. The van der Waals surface area contributed by atoms with Crippen molar-refractivity contribution < 1.29 is 27.5 Å². The van der Waals surface area contributed by atoms with Crippen LogP contribution in [0.3, 0.4) is 0 Å². The average molecular weight is 1020 g/mol. The van der Waals surface area contributed by atoms with Gasteiger partial charge in [-0.05, 0) is 92.2 Å². The second kappa shape index (κ2) is 25.0. The number of aryl methyl sites for hydroxylation is 3. The van der Waals surface area contributed by atoms with Crippen molar-refractivity contribution in [2.75, 3.05) is 19.8 Å². The topological polar surface area (TPSA) is 209 Å². The Bertz CT molecular complexity index is 3840. The lowest BCUT2D eigenvalue weighted by Gasteiger charge is -2.11. The average Bonchev–Trinajstić information content (AvgIpc) is 4.25. The molecule has 0 aliphatic heterocycles. The number of nitrogens with one attached hydrogen (secondary N) is 1. The Hall–Kier alpha value is -9.60. The van der Waals surface area contributed by atoms with Gasteiger partial charge in [-0.25, -0.2) is 34.4 Å². The highest BCUT2D eigenvalue weighted by molar-refractivity contribution is 6.29. The first-order chi connectivity index (χ1) is 34.8. The monoisotopic (exact) mass is 1020 g/mol. The fourth-order valence-electron chi connectivity index (χ4n) is 6.52. The van der Waals surface area contributed by atoms with Gasteiger partial charge < -0.3 is 38.8 Å². The molecule has 11 heterocycles. The molecule has 11 rings (SSSR count). The van der Waals surface area contributed by atoms with E-state index in [0.29, 0.717) is 22.8 Å². The number of nitrogens with two attached hydrogens (primary N) is 1. The lowest BCUT2D eigenvalue weighted by Crippen LogP contribution is -2.07. The van der Waals surface area contributed by atoms with Crippen molar-refractivity contribution in [1.29, 1.82) is 0 Å². The molecule has 0 bridgehead atoms. The SMILES string of the molecule is C.CC(C)=C(Cl)N(C)C.Cn1ccc2cc(-c3nc4ccc(F)nc4o3)cnc21.Cn1ccc2cc(C(=O)O)cnc21.Nc1ccc(F)nc1F.[C-]#[N+]c1cnc2[nH]ccc2c1.[C-]#[N+]c1cnc2c(ccn2C)c1. The summed E-state index contributed by atoms with van der Waals surface area (Å²) in [5.74, 6) is -2.97. The maximum atomic E-state index is 13.0. The van der Waals surface area contributed by atoms with Gasteiger partial charge in [0, 0.05) is 106 Å². The number of nitrogen functional groups attached to an aromatic ring is 1. The van der Waals surface area contributed by atoms with Crippen LogP contribution < -0.4 is 5.73 Å². The van der Waals surface area contributed by atoms with Crippen molar-refractivity contribution in [2.45, 2.75) is 21.3 Å². The first-order valence-electron chi connectivity index (χ1n) is 21.5. The largest absolute Gasteiger partial charge is 0.478 e. The molecule has 0 fully saturated rings. The van der Waals surface area contributed by atoms with Gasteiger partial charge in [-0.15, -0.1) is 0 Å². The van der Waals surface area contributed by atoms with Crippen LogP contribution in [0.2, 0.25) is 0 Å². The molecule has 0 radical (unpaired) electrons. The molecule has 18 nitrogen and oxygen atoms in total. The molecule has 0 unspecified atom stereocenters. The number of H-pyrrole nitrogens is 1. The number of carbonyl (C=O) groups is 1. The predicted octanol–water partition coefficient (Wildman–Crippen LogP) is 12.0. The number of aromatic nitrogens is 11. The van der Waals surface area contributed by atoms with Gasteiger partial charge in [-0.1, -0.05) is 19.0 Å². The Morgan fingerprint density at radius 2 is 1.24 bits per heavy atom. The minimum absolute atomic E-state index is 0. The first-order valence-corrected chi connectivity index (χ1v) is 21.9. The van der Waals surface area contributed by atoms with Crippen LogP contribution in [0.15, 0.2) is 138 Å². The number of hydrogen-bond acceptors (Lipinski definition) is 11. The van der Waals surface area contributed by atoms with Crippen molar-refractivity contribution in [3.8, 4) is 11.5 Å². The van der Waals surface area contributed by atoms with Crippen LogP contribution in [0.25, 0.3) is 76.5 Å². The van der Waals surface area contributed by atoms with Gasteiger partial charge in [0.15, 0.2) is 0 Å². The molecule has 0 aliphatic rings. The summed E-state index contributed by atoms with van der Waals surface area (Å²) in [6.45, 7) is 17.5. The van der Waals surface area contributed by atoms with E-state index in [1.54, 1.807) is 30.7 Å². The number of halogens is 4. The first kappa shape index (κ1) is 55.3. The predicted molar refractivity (Wildman–Crippen MR) is 282 cm³/mol. The zero-order valence-electron chi connectivity index (χ0n) is 40.2. The highest BCUT2D eigenvalue weighted by Gasteiger charge is 2.12. The zero-order valence-corrected chi connectivity index (χ0v) is 41.0. The third kappa shape index (κ3) is 14.0. The number of aromatic amines is 1. The zero-order chi connectivity index (χ0) is 52.9. The number of allylic oxidation sites excluding steroid dienone is 1. The van der Waals surface area contributed by atoms with Gasteiger partial charge in [0.1, 0.15) is 33.3 Å². The van der Waals surface area contributed by atoms with E-state index >= 15 is 0 Å². The van der Waals surface area contributed by atoms with Crippen molar-refractivity contribution in [3.63, 3.8) is 0 Å². The number of carboxylic acid groups (broad SMARTS) is 1. The van der Waals surface area contributed by atoms with Crippen LogP contribution in [0.4, 0.5) is 30.2 Å². The van der Waals surface area contributed by atoms with E-state index in [1.807, 2.05) is 135 Å². The van der Waals surface area contributed by atoms with E-state index in [9.17, 15) is 18.0 Å². The Balaban J connectivity index is 0.000000169. The molecule has 378 valence electrons. The van der Waals surface area contributed by atoms with Crippen molar-refractivity contribution in [3.05, 3.63) is 179 Å². The molecule has 74 heavy (non-hydrogen) atoms. The summed E-state index contributed by atoms with van der Waals surface area (Å²) in [5, 5.41) is 13.4. The molecule has 11 aromatic rings. The van der Waals surface area contributed by atoms with Crippen LogP contribution in [-0.2, 0) is 21.1 Å². The summed E-state index contributed by atoms with van der Waals surface area (Å²) in [7, 11) is 9.59. The third-order valence-electron chi connectivity index (χ3n) is 10.1. The molecule has 0 aliphatic carbocycles. The lowest BCUT2D eigenvalue weighted by molar-refractivity contribution is 0.0696. The van der Waals surface area contributed by atoms with Gasteiger partial charge in [-0.3, -0.25) is 4.98 Å². The maximum absolute atomic E-state index is 13.0. The Morgan fingerprint density at radius 1 is 0.716 bits per heavy atom. The van der Waals surface area contributed by atoms with E-state index in [2.05, 4.69) is 49.6 Å². The summed E-state index contributed by atoms with van der Waals surface area (Å²) in [6.07, 6.45) is 13.7. The number of hydrogen-bond donors (Lipinski definition) is 3. The van der Waals surface area contributed by atoms with E-state index in [-0.39, 0.29) is 24.4 Å². The van der Waals surface area contributed by atoms with Crippen molar-refractivity contribution in [2.24, 2.45) is 21.1 Å². The number of aromatic carboxylic acids is 1. The van der Waals surface area contributed by atoms with Crippen LogP contribution in [0.1, 0.15) is 31.6 Å². The number of fused-ring (bicyclic) bond motifs is 5. The number of oxazole rings is 1. The van der Waals surface area contributed by atoms with E-state index in [1.165, 1.54) is 12.3 Å². The van der Waals surface area contributed by atoms with Crippen molar-refractivity contribution >= 4 is 90.0 Å². The fraction of sp³-hybridized carbons (Fsp3) is 0.154. The van der Waals surface area contributed by atoms with Gasteiger partial charge >= 0.3 is 5.97 Å².